The molecule has 1 saturated carbocycles. The number of rotatable bonds is 5. The third-order valence-electron chi connectivity index (χ3n) is 7.35. The maximum Gasteiger partial charge on any atom is 0.192 e. The van der Waals surface area contributed by atoms with E-state index in [1.165, 1.54) is 11.1 Å². The Balaban J connectivity index is 2.11. The monoisotopic (exact) mass is 478 g/mol. The van der Waals surface area contributed by atoms with E-state index in [0.29, 0.717) is 0 Å². The summed E-state index contributed by atoms with van der Waals surface area (Å²) >= 11 is 0. The van der Waals surface area contributed by atoms with Gasteiger partial charge in [0.05, 0.1) is 0 Å². The predicted molar refractivity (Wildman–Crippen MR) is 147 cm³/mol. The Bertz CT molecular complexity index is 978. The van der Waals surface area contributed by atoms with Crippen molar-refractivity contribution in [3.63, 3.8) is 0 Å². The van der Waals surface area contributed by atoms with E-state index >= 15 is 0 Å². The normalized spacial score (nSPS) is 15.3. The minimum Gasteiger partial charge on any atom is -0.289 e. The van der Waals surface area contributed by atoms with Crippen LogP contribution in [0.2, 0.25) is 0 Å². The fourth-order valence-electron chi connectivity index (χ4n) is 5.29. The van der Waals surface area contributed by atoms with Crippen LogP contribution < -0.4 is 0 Å². The van der Waals surface area contributed by atoms with Gasteiger partial charge in [0.1, 0.15) is 0 Å². The third-order valence-corrected chi connectivity index (χ3v) is 9.92. The first-order valence-corrected chi connectivity index (χ1v) is 14.2. The Morgan fingerprint density at radius 2 is 0.941 bits per heavy atom. The lowest BCUT2D eigenvalue weighted by Gasteiger charge is -2.27. The summed E-state index contributed by atoms with van der Waals surface area (Å²) in [5.41, 5.74) is 8.45. The maximum absolute atomic E-state index is 14.2. The molecule has 2 aromatic rings. The molecule has 0 unspecified atom stereocenters. The molecule has 2 aromatic carbocycles. The summed E-state index contributed by atoms with van der Waals surface area (Å²) in [5.74, 6) is 0. The summed E-state index contributed by atoms with van der Waals surface area (Å²) in [6.45, 7) is 21.3. The van der Waals surface area contributed by atoms with Crippen molar-refractivity contribution in [1.29, 1.82) is 0 Å². The minimum absolute atomic E-state index is 0.0200. The van der Waals surface area contributed by atoms with Crippen LogP contribution in [0, 0.1) is 27.7 Å². The fourth-order valence-corrected chi connectivity index (χ4v) is 8.21. The van der Waals surface area contributed by atoms with Crippen LogP contribution in [0.15, 0.2) is 24.3 Å². The van der Waals surface area contributed by atoms with Gasteiger partial charge in [-0.05, 0) is 90.4 Å². The lowest BCUT2D eigenvalue weighted by Crippen LogP contribution is -2.20. The van der Waals surface area contributed by atoms with Crippen molar-refractivity contribution in [3.05, 3.63) is 68.8 Å². The summed E-state index contributed by atoms with van der Waals surface area (Å²) in [6, 6.07) is 8.62. The van der Waals surface area contributed by atoms with E-state index in [4.69, 9.17) is 0 Å². The highest BCUT2D eigenvalue weighted by Crippen LogP contribution is 2.55. The van der Waals surface area contributed by atoms with Gasteiger partial charge < -0.3 is 0 Å². The van der Waals surface area contributed by atoms with Crippen LogP contribution in [-0.2, 0) is 10.8 Å². The molecule has 1 aliphatic rings. The van der Waals surface area contributed by atoms with E-state index < -0.39 is 7.92 Å². The first-order chi connectivity index (χ1) is 15.6. The van der Waals surface area contributed by atoms with Crippen LogP contribution >= 0.6 is 7.92 Å². The first kappa shape index (κ1) is 26.8. The Morgan fingerprint density at radius 1 is 0.647 bits per heavy atom. The topological polar surface area (TPSA) is 34.1 Å². The lowest BCUT2D eigenvalue weighted by atomic mass is 9.84. The molecule has 0 spiro atoms. The first-order valence-electron chi connectivity index (χ1n) is 12.7. The van der Waals surface area contributed by atoms with Crippen molar-refractivity contribution in [1.82, 2.24) is 0 Å². The van der Waals surface area contributed by atoms with Gasteiger partial charge in [0.2, 0.25) is 0 Å². The molecule has 0 heterocycles. The molecule has 184 valence electrons. The molecule has 3 rings (SSSR count). The second-order valence-electron chi connectivity index (χ2n) is 12.4. The van der Waals surface area contributed by atoms with E-state index in [-0.39, 0.29) is 27.5 Å². The lowest BCUT2D eigenvalue weighted by molar-refractivity contribution is 0.104. The predicted octanol–water partition coefficient (Wildman–Crippen LogP) is 8.92. The summed E-state index contributed by atoms with van der Waals surface area (Å²) in [7, 11) is -1.45. The largest absolute Gasteiger partial charge is 0.289 e. The van der Waals surface area contributed by atoms with Gasteiger partial charge in [-0.1, -0.05) is 78.6 Å². The highest BCUT2D eigenvalue weighted by atomic mass is 31.1. The van der Waals surface area contributed by atoms with Crippen molar-refractivity contribution in [2.45, 2.75) is 111 Å². The molecule has 0 N–H and O–H groups in total. The van der Waals surface area contributed by atoms with Gasteiger partial charge in [-0.2, -0.15) is 0 Å². The maximum atomic E-state index is 14.2. The SMILES string of the molecule is Cc1cc(C(C)(C)C)cc(C)c1C(=O)P(C(=O)c1c(C)cc(C(C)(C)C)cc1C)C1CCCC1. The smallest absolute Gasteiger partial charge is 0.192 e. The molecule has 2 nitrogen and oxygen atoms in total. The quantitative estimate of drug-likeness (QED) is 0.402. The van der Waals surface area contributed by atoms with Crippen molar-refractivity contribution in [2.75, 3.05) is 0 Å². The highest BCUT2D eigenvalue weighted by molar-refractivity contribution is 7.90. The molecule has 0 amide bonds. The van der Waals surface area contributed by atoms with Crippen LogP contribution in [0.5, 0.6) is 0 Å². The van der Waals surface area contributed by atoms with Crippen LogP contribution in [-0.4, -0.2) is 16.7 Å². The molecule has 1 aliphatic carbocycles. The van der Waals surface area contributed by atoms with E-state index in [1.807, 2.05) is 27.7 Å². The Labute approximate surface area is 208 Å². The minimum atomic E-state index is -1.45. The number of hydrogen-bond donors (Lipinski definition) is 0. The second kappa shape index (κ2) is 9.69. The van der Waals surface area contributed by atoms with Gasteiger partial charge in [-0.3, -0.25) is 9.59 Å². The molecule has 34 heavy (non-hydrogen) atoms. The van der Waals surface area contributed by atoms with Crippen molar-refractivity contribution in [3.8, 4) is 0 Å². The summed E-state index contributed by atoms with van der Waals surface area (Å²) in [5, 5.41) is 0. The Hall–Kier alpha value is -1.79. The van der Waals surface area contributed by atoms with Crippen molar-refractivity contribution < 1.29 is 9.59 Å². The molecular formula is C31H43O2P. The average Bonchev–Trinajstić information content (AvgIpc) is 3.19. The van der Waals surface area contributed by atoms with Gasteiger partial charge in [-0.25, -0.2) is 0 Å². The molecule has 0 bridgehead atoms. The van der Waals surface area contributed by atoms with Crippen LogP contribution in [0.4, 0.5) is 0 Å². The number of hydrogen-bond acceptors (Lipinski definition) is 2. The molecule has 0 atom stereocenters. The van der Waals surface area contributed by atoms with Crippen LogP contribution in [0.1, 0.15) is 121 Å². The summed E-state index contributed by atoms with van der Waals surface area (Å²) < 4.78 is 0. The summed E-state index contributed by atoms with van der Waals surface area (Å²) in [4.78, 5) is 28.4. The number of carbonyl (C=O) groups is 2. The fraction of sp³-hybridized carbons (Fsp3) is 0.548. The van der Waals surface area contributed by atoms with E-state index in [2.05, 4.69) is 65.8 Å². The summed E-state index contributed by atoms with van der Waals surface area (Å²) in [6.07, 6.45) is 4.21. The molecule has 0 saturated heterocycles. The van der Waals surface area contributed by atoms with E-state index in [1.54, 1.807) is 0 Å². The molecule has 0 aliphatic heterocycles. The van der Waals surface area contributed by atoms with Gasteiger partial charge in [0.15, 0.2) is 11.0 Å². The zero-order valence-electron chi connectivity index (χ0n) is 23.0. The zero-order chi connectivity index (χ0) is 25.6. The Kier molecular flexibility index (Phi) is 7.64. The molecule has 1 fully saturated rings. The second-order valence-corrected chi connectivity index (χ2v) is 14.7. The van der Waals surface area contributed by atoms with Gasteiger partial charge in [0, 0.05) is 19.0 Å². The number of aryl methyl sites for hydroxylation is 4. The van der Waals surface area contributed by atoms with Crippen LogP contribution in [0.25, 0.3) is 0 Å². The number of carbonyl (C=O) groups excluding carboxylic acids is 2. The molecular weight excluding hydrogens is 435 g/mol. The van der Waals surface area contributed by atoms with E-state index in [0.717, 1.165) is 59.1 Å². The zero-order valence-corrected chi connectivity index (χ0v) is 23.9. The van der Waals surface area contributed by atoms with Crippen molar-refractivity contribution >= 4 is 19.0 Å². The van der Waals surface area contributed by atoms with Crippen molar-refractivity contribution in [2.24, 2.45) is 0 Å². The molecule has 0 aromatic heterocycles. The third kappa shape index (κ3) is 5.38. The molecule has 3 heteroatoms. The van der Waals surface area contributed by atoms with Crippen LogP contribution in [0.3, 0.4) is 0 Å². The van der Waals surface area contributed by atoms with Gasteiger partial charge in [0.25, 0.3) is 0 Å². The average molecular weight is 479 g/mol. The van der Waals surface area contributed by atoms with E-state index in [9.17, 15) is 9.59 Å². The van der Waals surface area contributed by atoms with Gasteiger partial charge in [-0.15, -0.1) is 0 Å². The highest BCUT2D eigenvalue weighted by Gasteiger charge is 2.39. The number of benzene rings is 2. The van der Waals surface area contributed by atoms with Gasteiger partial charge >= 0.3 is 0 Å². The Morgan fingerprint density at radius 3 is 1.21 bits per heavy atom. The molecule has 0 radical (unpaired) electrons. The standard InChI is InChI=1S/C31H43O2P/c1-19-15-23(30(5,6)7)16-20(2)26(19)28(32)34(25-13-11-12-14-25)29(33)27-21(3)17-24(18-22(27)4)31(8,9)10/h15-18,25H,11-14H2,1-10H3.